The highest BCUT2D eigenvalue weighted by atomic mass is 35.5. The zero-order chi connectivity index (χ0) is 10.3. The van der Waals surface area contributed by atoms with Gasteiger partial charge < -0.3 is 5.73 Å². The van der Waals surface area contributed by atoms with Crippen LogP contribution in [-0.4, -0.2) is 14.8 Å². The normalized spacial score (nSPS) is 14.5. The van der Waals surface area contributed by atoms with Crippen molar-refractivity contribution in [2.75, 3.05) is 5.73 Å². The Bertz CT molecular complexity index is 476. The molecule has 1 saturated carbocycles. The third kappa shape index (κ3) is 1.76. The van der Waals surface area contributed by atoms with Crippen molar-refractivity contribution in [3.8, 4) is 5.69 Å². The van der Waals surface area contributed by atoms with E-state index in [2.05, 4.69) is 10.1 Å². The van der Waals surface area contributed by atoms with Crippen molar-refractivity contribution in [3.63, 3.8) is 0 Å². The van der Waals surface area contributed by atoms with Gasteiger partial charge in [-0.1, -0.05) is 0 Å². The number of nitrogens with two attached hydrogens (primary N) is 1. The van der Waals surface area contributed by atoms with E-state index in [1.165, 1.54) is 12.8 Å². The smallest absolute Gasteiger partial charge is 0.0832 e. The van der Waals surface area contributed by atoms with E-state index < -0.39 is 0 Å². The van der Waals surface area contributed by atoms with Crippen LogP contribution in [0.15, 0.2) is 30.7 Å². The summed E-state index contributed by atoms with van der Waals surface area (Å²) in [5.41, 5.74) is 8.83. The maximum Gasteiger partial charge on any atom is 0.0832 e. The van der Waals surface area contributed by atoms with Gasteiger partial charge in [-0.05, 0) is 25.0 Å². The van der Waals surface area contributed by atoms with Crippen molar-refractivity contribution in [2.45, 2.75) is 18.8 Å². The molecule has 84 valence electrons. The Labute approximate surface area is 99.9 Å². The average molecular weight is 237 g/mol. The van der Waals surface area contributed by atoms with Gasteiger partial charge >= 0.3 is 0 Å². The van der Waals surface area contributed by atoms with E-state index in [0.717, 1.165) is 17.1 Å². The molecular weight excluding hydrogens is 224 g/mol. The second-order valence-electron chi connectivity index (χ2n) is 3.88. The SMILES string of the molecule is Cl.Nc1cnn(-c2cccnc2)c1C1CC1. The summed E-state index contributed by atoms with van der Waals surface area (Å²) in [5.74, 6) is 0.590. The van der Waals surface area contributed by atoms with Crippen LogP contribution in [0.3, 0.4) is 0 Å². The lowest BCUT2D eigenvalue weighted by Crippen LogP contribution is -2.02. The highest BCUT2D eigenvalue weighted by Crippen LogP contribution is 2.43. The first kappa shape index (κ1) is 11.0. The molecule has 0 saturated heterocycles. The maximum atomic E-state index is 5.92. The van der Waals surface area contributed by atoms with Gasteiger partial charge in [-0.3, -0.25) is 4.98 Å². The number of aromatic nitrogens is 3. The van der Waals surface area contributed by atoms with E-state index >= 15 is 0 Å². The van der Waals surface area contributed by atoms with E-state index in [-0.39, 0.29) is 12.4 Å². The van der Waals surface area contributed by atoms with Crippen molar-refractivity contribution in [1.82, 2.24) is 14.8 Å². The number of anilines is 1. The van der Waals surface area contributed by atoms with Crippen LogP contribution in [0.5, 0.6) is 0 Å². The molecule has 1 aliphatic carbocycles. The van der Waals surface area contributed by atoms with Crippen LogP contribution in [-0.2, 0) is 0 Å². The van der Waals surface area contributed by atoms with Gasteiger partial charge in [0, 0.05) is 12.1 Å². The second-order valence-corrected chi connectivity index (χ2v) is 3.88. The highest BCUT2D eigenvalue weighted by Gasteiger charge is 2.29. The quantitative estimate of drug-likeness (QED) is 0.869. The fraction of sp³-hybridized carbons (Fsp3) is 0.273. The molecule has 1 fully saturated rings. The minimum atomic E-state index is 0. The minimum Gasteiger partial charge on any atom is -0.396 e. The van der Waals surface area contributed by atoms with Crippen LogP contribution in [0, 0.1) is 0 Å². The van der Waals surface area contributed by atoms with Crippen LogP contribution in [0.2, 0.25) is 0 Å². The molecule has 0 aromatic carbocycles. The lowest BCUT2D eigenvalue weighted by Gasteiger charge is -2.06. The van der Waals surface area contributed by atoms with Gasteiger partial charge in [-0.2, -0.15) is 5.10 Å². The monoisotopic (exact) mass is 236 g/mol. The van der Waals surface area contributed by atoms with E-state index in [4.69, 9.17) is 5.73 Å². The van der Waals surface area contributed by atoms with Crippen molar-refractivity contribution < 1.29 is 0 Å². The number of hydrogen-bond donors (Lipinski definition) is 1. The predicted molar refractivity (Wildman–Crippen MR) is 65.0 cm³/mol. The number of rotatable bonds is 2. The fourth-order valence-corrected chi connectivity index (χ4v) is 1.82. The largest absolute Gasteiger partial charge is 0.396 e. The molecule has 2 aromatic heterocycles. The molecule has 0 amide bonds. The van der Waals surface area contributed by atoms with Gasteiger partial charge in [0.2, 0.25) is 0 Å². The number of pyridine rings is 1. The van der Waals surface area contributed by atoms with Crippen LogP contribution in [0.4, 0.5) is 5.69 Å². The molecule has 0 bridgehead atoms. The summed E-state index contributed by atoms with van der Waals surface area (Å²) in [6.07, 6.45) is 7.72. The first-order valence-electron chi connectivity index (χ1n) is 5.10. The Hall–Kier alpha value is -1.55. The summed E-state index contributed by atoms with van der Waals surface area (Å²) in [7, 11) is 0. The Balaban J connectivity index is 0.000000963. The number of hydrogen-bond acceptors (Lipinski definition) is 3. The standard InChI is InChI=1S/C11H12N4.ClH/c12-10-7-14-15(11(10)8-3-4-8)9-2-1-5-13-6-9;/h1-2,5-8H,3-4,12H2;1H. The minimum absolute atomic E-state index is 0. The summed E-state index contributed by atoms with van der Waals surface area (Å²) in [5, 5.41) is 4.30. The van der Waals surface area contributed by atoms with E-state index in [0.29, 0.717) is 5.92 Å². The lowest BCUT2D eigenvalue weighted by atomic mass is 10.2. The molecule has 2 N–H and O–H groups in total. The first-order chi connectivity index (χ1) is 7.36. The molecule has 0 unspecified atom stereocenters. The molecule has 0 spiro atoms. The Kier molecular flexibility index (Phi) is 2.83. The molecule has 0 aliphatic heterocycles. The Morgan fingerprint density at radius 1 is 1.31 bits per heavy atom. The first-order valence-corrected chi connectivity index (χ1v) is 5.10. The molecular formula is C11H13ClN4. The Morgan fingerprint density at radius 3 is 2.75 bits per heavy atom. The van der Waals surface area contributed by atoms with Crippen LogP contribution < -0.4 is 5.73 Å². The molecule has 2 heterocycles. The summed E-state index contributed by atoms with van der Waals surface area (Å²) in [6, 6.07) is 3.90. The third-order valence-electron chi connectivity index (χ3n) is 2.69. The van der Waals surface area contributed by atoms with Crippen molar-refractivity contribution in [2.24, 2.45) is 0 Å². The van der Waals surface area contributed by atoms with Crippen LogP contribution in [0.25, 0.3) is 5.69 Å². The van der Waals surface area contributed by atoms with E-state index in [1.807, 2.05) is 16.8 Å². The topological polar surface area (TPSA) is 56.7 Å². The average Bonchev–Trinajstić information content (AvgIpc) is 3.03. The van der Waals surface area contributed by atoms with Gasteiger partial charge in [0.25, 0.3) is 0 Å². The zero-order valence-electron chi connectivity index (χ0n) is 8.71. The fourth-order valence-electron chi connectivity index (χ4n) is 1.82. The molecule has 5 heteroatoms. The Morgan fingerprint density at radius 2 is 2.12 bits per heavy atom. The second kappa shape index (κ2) is 4.14. The van der Waals surface area contributed by atoms with E-state index in [1.54, 1.807) is 18.6 Å². The predicted octanol–water partition coefficient (Wildman–Crippen LogP) is 2.15. The van der Waals surface area contributed by atoms with Gasteiger partial charge in [-0.25, -0.2) is 4.68 Å². The van der Waals surface area contributed by atoms with Crippen molar-refractivity contribution >= 4 is 18.1 Å². The van der Waals surface area contributed by atoms with Crippen LogP contribution >= 0.6 is 12.4 Å². The molecule has 4 nitrogen and oxygen atoms in total. The zero-order valence-corrected chi connectivity index (χ0v) is 9.52. The third-order valence-corrected chi connectivity index (χ3v) is 2.69. The summed E-state index contributed by atoms with van der Waals surface area (Å²) in [6.45, 7) is 0. The molecule has 2 aromatic rings. The number of halogens is 1. The lowest BCUT2D eigenvalue weighted by molar-refractivity contribution is 0.805. The van der Waals surface area contributed by atoms with Gasteiger partial charge in [0.1, 0.15) is 0 Å². The van der Waals surface area contributed by atoms with Crippen LogP contribution in [0.1, 0.15) is 24.5 Å². The summed E-state index contributed by atoms with van der Waals surface area (Å²) >= 11 is 0. The molecule has 0 radical (unpaired) electrons. The molecule has 3 rings (SSSR count). The summed E-state index contributed by atoms with van der Waals surface area (Å²) < 4.78 is 1.90. The van der Waals surface area contributed by atoms with E-state index in [9.17, 15) is 0 Å². The van der Waals surface area contributed by atoms with Crippen molar-refractivity contribution in [3.05, 3.63) is 36.4 Å². The highest BCUT2D eigenvalue weighted by molar-refractivity contribution is 5.85. The van der Waals surface area contributed by atoms with Gasteiger partial charge in [-0.15, -0.1) is 12.4 Å². The van der Waals surface area contributed by atoms with Crippen molar-refractivity contribution in [1.29, 1.82) is 0 Å². The molecule has 1 aliphatic rings. The maximum absolute atomic E-state index is 5.92. The summed E-state index contributed by atoms with van der Waals surface area (Å²) in [4.78, 5) is 4.09. The number of nitrogen functional groups attached to an aromatic ring is 1. The molecule has 0 atom stereocenters. The molecule has 16 heavy (non-hydrogen) atoms. The van der Waals surface area contributed by atoms with Gasteiger partial charge in [0.15, 0.2) is 0 Å². The number of nitrogens with zero attached hydrogens (tertiary/aromatic N) is 3. The van der Waals surface area contributed by atoms with Gasteiger partial charge in [0.05, 0.1) is 29.5 Å².